The molecule has 0 aliphatic rings. The number of hydrogen-bond acceptors (Lipinski definition) is 6. The van der Waals surface area contributed by atoms with Gasteiger partial charge in [0, 0.05) is 13.0 Å². The normalized spacial score (nSPS) is 18.2. The molecule has 4 atom stereocenters. The minimum Gasteiger partial charge on any atom is -0.394 e. The molecule has 0 saturated heterocycles. The van der Waals surface area contributed by atoms with E-state index in [2.05, 4.69) is 11.2 Å². The molecule has 0 aliphatic carbocycles. The van der Waals surface area contributed by atoms with E-state index < -0.39 is 31.0 Å². The van der Waals surface area contributed by atoms with Gasteiger partial charge in [-0.05, 0) is 0 Å². The maximum Gasteiger partial charge on any atom is 0.139 e. The van der Waals surface area contributed by atoms with Crippen LogP contribution in [0.2, 0.25) is 0 Å². The highest BCUT2D eigenvalue weighted by atomic mass is 16.4. The van der Waals surface area contributed by atoms with Crippen LogP contribution in [0.4, 0.5) is 0 Å². The second-order valence-electron chi connectivity index (χ2n) is 3.30. The molecule has 0 saturated carbocycles. The van der Waals surface area contributed by atoms with Crippen molar-refractivity contribution < 1.29 is 25.2 Å². The molecule has 92 valence electrons. The third-order valence-corrected chi connectivity index (χ3v) is 2.10. The molecule has 0 heterocycles. The summed E-state index contributed by atoms with van der Waals surface area (Å²) in [6, 6.07) is -1.04. The smallest absolute Gasteiger partial charge is 0.139 e. The molecule has 0 aromatic rings. The van der Waals surface area contributed by atoms with E-state index in [0.717, 1.165) is 0 Å². The number of hydrogen-bond donors (Lipinski definition) is 5. The predicted molar refractivity (Wildman–Crippen MR) is 56.4 cm³/mol. The molecule has 0 spiro atoms. The van der Waals surface area contributed by atoms with Crippen LogP contribution in [0.25, 0.3) is 0 Å². The number of nitrogens with one attached hydrogen (secondary N) is 1. The van der Waals surface area contributed by atoms with Gasteiger partial charge in [0.2, 0.25) is 0 Å². The number of carbonyl (C=O) groups is 1. The largest absolute Gasteiger partial charge is 0.394 e. The van der Waals surface area contributed by atoms with E-state index in [4.69, 9.17) is 16.6 Å². The summed E-state index contributed by atoms with van der Waals surface area (Å²) in [5, 5.41) is 39.1. The zero-order chi connectivity index (χ0) is 12.6. The fourth-order valence-electron chi connectivity index (χ4n) is 1.11. The maximum absolute atomic E-state index is 10.6. The molecule has 0 aliphatic heterocycles. The molecule has 0 radical (unpaired) electrons. The van der Waals surface area contributed by atoms with Crippen molar-refractivity contribution in [2.45, 2.75) is 30.8 Å². The van der Waals surface area contributed by atoms with Crippen LogP contribution in [0, 0.1) is 12.3 Å². The number of aliphatic hydroxyl groups excluding tert-OH is 4. The first-order chi connectivity index (χ1) is 7.58. The van der Waals surface area contributed by atoms with Gasteiger partial charge in [-0.2, -0.15) is 0 Å². The first-order valence-corrected chi connectivity index (χ1v) is 4.85. The average Bonchev–Trinajstić information content (AvgIpc) is 2.32. The van der Waals surface area contributed by atoms with E-state index in [1.54, 1.807) is 0 Å². The van der Waals surface area contributed by atoms with Crippen LogP contribution in [0.15, 0.2) is 0 Å². The third kappa shape index (κ3) is 4.70. The molecule has 0 bridgehead atoms. The standard InChI is InChI=1S/C10H17NO5/c1-2-3-4-11-7(5-12)9(15)10(16)8(14)6-13/h1,5,7-11,13-16H,3-4,6H2/t7-,8+,9+,10-/m0/s1. The number of aliphatic hydroxyl groups is 4. The zero-order valence-corrected chi connectivity index (χ0v) is 8.78. The Balaban J connectivity index is 4.24. The van der Waals surface area contributed by atoms with Gasteiger partial charge >= 0.3 is 0 Å². The lowest BCUT2D eigenvalue weighted by molar-refractivity contribution is -0.120. The monoisotopic (exact) mass is 231 g/mol. The van der Waals surface area contributed by atoms with Crippen molar-refractivity contribution in [2.75, 3.05) is 13.2 Å². The van der Waals surface area contributed by atoms with Gasteiger partial charge in [0.15, 0.2) is 0 Å². The van der Waals surface area contributed by atoms with Crippen molar-refractivity contribution in [3.8, 4) is 12.3 Å². The Hall–Kier alpha value is -0.970. The molecule has 0 unspecified atom stereocenters. The Bertz CT molecular complexity index is 240. The van der Waals surface area contributed by atoms with E-state index in [1.165, 1.54) is 0 Å². The summed E-state index contributed by atoms with van der Waals surface area (Å²) in [4.78, 5) is 10.6. The molecular formula is C10H17NO5. The quantitative estimate of drug-likeness (QED) is 0.176. The molecule has 0 fully saturated rings. The van der Waals surface area contributed by atoms with E-state index >= 15 is 0 Å². The van der Waals surface area contributed by atoms with Gasteiger partial charge in [-0.1, -0.05) is 0 Å². The summed E-state index contributed by atoms with van der Waals surface area (Å²) in [5.41, 5.74) is 0. The Morgan fingerprint density at radius 2 is 1.94 bits per heavy atom. The summed E-state index contributed by atoms with van der Waals surface area (Å²) in [7, 11) is 0. The molecular weight excluding hydrogens is 214 g/mol. The zero-order valence-electron chi connectivity index (χ0n) is 8.78. The number of aldehydes is 1. The first kappa shape index (κ1) is 15.0. The Labute approximate surface area is 93.9 Å². The van der Waals surface area contributed by atoms with Crippen molar-refractivity contribution in [3.05, 3.63) is 0 Å². The molecule has 0 amide bonds. The van der Waals surface area contributed by atoms with Crippen LogP contribution in [0.5, 0.6) is 0 Å². The maximum atomic E-state index is 10.6. The van der Waals surface area contributed by atoms with Gasteiger partial charge in [-0.25, -0.2) is 0 Å². The first-order valence-electron chi connectivity index (χ1n) is 4.85. The van der Waals surface area contributed by atoms with Crippen LogP contribution >= 0.6 is 0 Å². The van der Waals surface area contributed by atoms with Crippen molar-refractivity contribution in [1.82, 2.24) is 5.32 Å². The van der Waals surface area contributed by atoms with Gasteiger partial charge in [0.1, 0.15) is 24.6 Å². The lowest BCUT2D eigenvalue weighted by Gasteiger charge is -2.26. The van der Waals surface area contributed by atoms with Crippen molar-refractivity contribution in [2.24, 2.45) is 0 Å². The van der Waals surface area contributed by atoms with Crippen LogP contribution < -0.4 is 5.32 Å². The van der Waals surface area contributed by atoms with Crippen molar-refractivity contribution in [1.29, 1.82) is 0 Å². The van der Waals surface area contributed by atoms with Crippen molar-refractivity contribution >= 4 is 6.29 Å². The molecule has 5 N–H and O–H groups in total. The second kappa shape index (κ2) is 8.21. The number of carbonyl (C=O) groups excluding carboxylic acids is 1. The Morgan fingerprint density at radius 1 is 1.31 bits per heavy atom. The van der Waals surface area contributed by atoms with Crippen LogP contribution in [-0.2, 0) is 4.79 Å². The van der Waals surface area contributed by atoms with E-state index in [1.807, 2.05) is 0 Å². The Morgan fingerprint density at radius 3 is 2.38 bits per heavy atom. The summed E-state index contributed by atoms with van der Waals surface area (Å²) >= 11 is 0. The van der Waals surface area contributed by atoms with Gasteiger partial charge in [0.05, 0.1) is 12.6 Å². The summed E-state index contributed by atoms with van der Waals surface area (Å²) < 4.78 is 0. The van der Waals surface area contributed by atoms with Gasteiger partial charge in [0.25, 0.3) is 0 Å². The minimum atomic E-state index is -1.60. The Kier molecular flexibility index (Phi) is 7.72. The fourth-order valence-corrected chi connectivity index (χ4v) is 1.11. The highest BCUT2D eigenvalue weighted by molar-refractivity contribution is 5.58. The minimum absolute atomic E-state index is 0.304. The highest BCUT2D eigenvalue weighted by Crippen LogP contribution is 2.03. The fraction of sp³-hybridized carbons (Fsp3) is 0.700. The molecule has 0 rings (SSSR count). The van der Waals surface area contributed by atoms with Crippen LogP contribution in [0.1, 0.15) is 6.42 Å². The number of rotatable bonds is 8. The van der Waals surface area contributed by atoms with Gasteiger partial charge in [-0.3, -0.25) is 0 Å². The van der Waals surface area contributed by atoms with Crippen LogP contribution in [-0.4, -0.2) is 64.2 Å². The van der Waals surface area contributed by atoms with E-state index in [9.17, 15) is 15.0 Å². The van der Waals surface area contributed by atoms with Gasteiger partial charge in [-0.15, -0.1) is 12.3 Å². The molecule has 6 heteroatoms. The third-order valence-electron chi connectivity index (χ3n) is 2.10. The lowest BCUT2D eigenvalue weighted by Crippen LogP contribution is -2.52. The van der Waals surface area contributed by atoms with Crippen molar-refractivity contribution in [3.63, 3.8) is 0 Å². The van der Waals surface area contributed by atoms with Crippen LogP contribution in [0.3, 0.4) is 0 Å². The van der Waals surface area contributed by atoms with E-state index in [-0.39, 0.29) is 0 Å². The topological polar surface area (TPSA) is 110 Å². The molecule has 16 heavy (non-hydrogen) atoms. The van der Waals surface area contributed by atoms with Gasteiger partial charge < -0.3 is 30.5 Å². The summed E-state index contributed by atoms with van der Waals surface area (Å²) in [6.07, 6.45) is 1.19. The molecule has 0 aromatic carbocycles. The highest BCUT2D eigenvalue weighted by Gasteiger charge is 2.30. The summed E-state index contributed by atoms with van der Waals surface area (Å²) in [5.74, 6) is 2.34. The van der Waals surface area contributed by atoms with E-state index in [0.29, 0.717) is 19.3 Å². The molecule has 6 nitrogen and oxygen atoms in total. The molecule has 0 aromatic heterocycles. The SMILES string of the molecule is C#CCCN[C@@H](C=O)[C@@H](O)[C@@H](O)[C@H](O)CO. The second-order valence-corrected chi connectivity index (χ2v) is 3.30. The number of terminal acetylenes is 1. The lowest BCUT2D eigenvalue weighted by atomic mass is 10.0. The average molecular weight is 231 g/mol. The summed E-state index contributed by atoms with van der Waals surface area (Å²) in [6.45, 7) is -0.396. The predicted octanol–water partition coefficient (Wildman–Crippen LogP) is -2.76.